The lowest BCUT2D eigenvalue weighted by molar-refractivity contribution is 0.102. The molecule has 0 aliphatic heterocycles. The van der Waals surface area contributed by atoms with Crippen molar-refractivity contribution in [3.05, 3.63) is 71.8 Å². The second-order valence-corrected chi connectivity index (χ2v) is 5.47. The Labute approximate surface area is 140 Å². The molecule has 1 amide bonds. The van der Waals surface area contributed by atoms with Gasteiger partial charge in [0.2, 0.25) is 0 Å². The number of amides is 1. The van der Waals surface area contributed by atoms with Crippen LogP contribution in [0.4, 0.5) is 5.69 Å². The number of benzene rings is 1. The van der Waals surface area contributed by atoms with Crippen molar-refractivity contribution in [1.29, 1.82) is 0 Å². The monoisotopic (exact) mass is 322 g/mol. The summed E-state index contributed by atoms with van der Waals surface area (Å²) >= 11 is 0. The number of anilines is 1. The van der Waals surface area contributed by atoms with Crippen molar-refractivity contribution in [2.75, 3.05) is 5.32 Å². The minimum Gasteiger partial charge on any atom is -0.471 e. The number of carbonyl (C=O) groups excluding carboxylic acids is 1. The minimum atomic E-state index is -0.272. The zero-order chi connectivity index (χ0) is 16.9. The van der Waals surface area contributed by atoms with E-state index in [1.54, 1.807) is 41.5 Å². The second-order valence-electron chi connectivity index (χ2n) is 5.47. The lowest BCUT2D eigenvalue weighted by Gasteiger charge is -2.09. The highest BCUT2D eigenvalue weighted by Gasteiger charge is 2.10. The lowest BCUT2D eigenvalue weighted by atomic mass is 10.1. The maximum Gasteiger partial charge on any atom is 0.276 e. The fraction of sp³-hybridized carbons (Fsp3) is 0.167. The first-order chi connectivity index (χ1) is 11.6. The molecule has 0 saturated carbocycles. The highest BCUT2D eigenvalue weighted by Crippen LogP contribution is 2.19. The largest absolute Gasteiger partial charge is 0.471 e. The van der Waals surface area contributed by atoms with Gasteiger partial charge in [-0.05, 0) is 43.7 Å². The maximum absolute atomic E-state index is 12.1. The molecule has 0 fully saturated rings. The highest BCUT2D eigenvalue weighted by atomic mass is 16.5. The first kappa shape index (κ1) is 15.7. The van der Waals surface area contributed by atoms with Crippen LogP contribution in [0.1, 0.15) is 21.6 Å². The number of rotatable bonds is 5. The average Bonchev–Trinajstić information content (AvgIpc) is 3.04. The van der Waals surface area contributed by atoms with Crippen LogP contribution in [0.15, 0.2) is 55.0 Å². The van der Waals surface area contributed by atoms with E-state index in [1.165, 1.54) is 5.56 Å². The number of carbonyl (C=O) groups is 1. The molecule has 122 valence electrons. The third kappa shape index (κ3) is 3.78. The molecule has 6 heteroatoms. The molecule has 0 radical (unpaired) electrons. The molecule has 1 N–H and O–H groups in total. The Balaban J connectivity index is 1.62. The van der Waals surface area contributed by atoms with Crippen LogP contribution in [0.5, 0.6) is 5.75 Å². The van der Waals surface area contributed by atoms with Gasteiger partial charge in [-0.3, -0.25) is 9.78 Å². The third-order valence-corrected chi connectivity index (χ3v) is 3.49. The summed E-state index contributed by atoms with van der Waals surface area (Å²) in [4.78, 5) is 16.1. The molecular weight excluding hydrogens is 304 g/mol. The van der Waals surface area contributed by atoms with Crippen LogP contribution in [-0.2, 0) is 6.73 Å². The smallest absolute Gasteiger partial charge is 0.276 e. The number of aryl methyl sites for hydroxylation is 2. The van der Waals surface area contributed by atoms with Crippen LogP contribution < -0.4 is 10.1 Å². The average molecular weight is 322 g/mol. The Hall–Kier alpha value is -3.15. The van der Waals surface area contributed by atoms with Gasteiger partial charge in [0.05, 0.1) is 0 Å². The van der Waals surface area contributed by atoms with Gasteiger partial charge in [-0.25, -0.2) is 4.68 Å². The van der Waals surface area contributed by atoms with Crippen LogP contribution in [-0.4, -0.2) is 20.7 Å². The zero-order valence-corrected chi connectivity index (χ0v) is 13.6. The summed E-state index contributed by atoms with van der Waals surface area (Å²) in [6.07, 6.45) is 4.95. The zero-order valence-electron chi connectivity index (χ0n) is 13.6. The molecule has 0 atom stereocenters. The quantitative estimate of drug-likeness (QED) is 0.783. The van der Waals surface area contributed by atoms with E-state index in [4.69, 9.17) is 4.74 Å². The van der Waals surface area contributed by atoms with Gasteiger partial charge >= 0.3 is 0 Å². The van der Waals surface area contributed by atoms with Crippen LogP contribution in [0.2, 0.25) is 0 Å². The molecule has 3 rings (SSSR count). The van der Waals surface area contributed by atoms with Gasteiger partial charge in [0.1, 0.15) is 5.75 Å². The van der Waals surface area contributed by atoms with Crippen molar-refractivity contribution in [2.24, 2.45) is 0 Å². The van der Waals surface area contributed by atoms with Crippen molar-refractivity contribution < 1.29 is 9.53 Å². The predicted octanol–water partition coefficient (Wildman–Crippen LogP) is 3.18. The van der Waals surface area contributed by atoms with Gasteiger partial charge < -0.3 is 10.1 Å². The molecular formula is C18H18N4O2. The Morgan fingerprint density at radius 1 is 1.17 bits per heavy atom. The number of nitrogens with one attached hydrogen (secondary N) is 1. The molecule has 2 heterocycles. The summed E-state index contributed by atoms with van der Waals surface area (Å²) in [6, 6.07) is 11.1. The molecule has 2 aromatic heterocycles. The van der Waals surface area contributed by atoms with Gasteiger partial charge in [-0.15, -0.1) is 0 Å². The molecule has 0 aliphatic rings. The molecule has 0 bridgehead atoms. The van der Waals surface area contributed by atoms with Crippen LogP contribution in [0, 0.1) is 13.8 Å². The van der Waals surface area contributed by atoms with Crippen molar-refractivity contribution in [3.8, 4) is 5.75 Å². The van der Waals surface area contributed by atoms with Crippen LogP contribution >= 0.6 is 0 Å². The summed E-state index contributed by atoms with van der Waals surface area (Å²) in [7, 11) is 0. The van der Waals surface area contributed by atoms with Gasteiger partial charge in [0.15, 0.2) is 12.4 Å². The van der Waals surface area contributed by atoms with Gasteiger partial charge in [-0.2, -0.15) is 5.10 Å². The summed E-state index contributed by atoms with van der Waals surface area (Å²) in [6.45, 7) is 4.28. The third-order valence-electron chi connectivity index (χ3n) is 3.49. The highest BCUT2D eigenvalue weighted by molar-refractivity contribution is 6.02. The number of pyridine rings is 1. The van der Waals surface area contributed by atoms with E-state index >= 15 is 0 Å². The first-order valence-electron chi connectivity index (χ1n) is 7.57. The summed E-state index contributed by atoms with van der Waals surface area (Å²) in [5.41, 5.74) is 3.26. The first-order valence-corrected chi connectivity index (χ1v) is 7.57. The van der Waals surface area contributed by atoms with E-state index in [0.717, 1.165) is 11.3 Å². The number of hydrogen-bond acceptors (Lipinski definition) is 4. The molecule has 6 nitrogen and oxygen atoms in total. The summed E-state index contributed by atoms with van der Waals surface area (Å²) in [5, 5.41) is 7.00. The van der Waals surface area contributed by atoms with E-state index < -0.39 is 0 Å². The van der Waals surface area contributed by atoms with Crippen molar-refractivity contribution >= 4 is 11.6 Å². The number of aromatic nitrogens is 3. The normalized spacial score (nSPS) is 10.4. The van der Waals surface area contributed by atoms with E-state index in [1.807, 2.05) is 26.0 Å². The minimum absolute atomic E-state index is 0.242. The fourth-order valence-electron chi connectivity index (χ4n) is 2.28. The van der Waals surface area contributed by atoms with E-state index in [-0.39, 0.29) is 12.6 Å². The van der Waals surface area contributed by atoms with Crippen molar-refractivity contribution in [1.82, 2.24) is 14.8 Å². The van der Waals surface area contributed by atoms with Gasteiger partial charge in [-0.1, -0.05) is 17.7 Å². The van der Waals surface area contributed by atoms with E-state index in [9.17, 15) is 4.79 Å². The molecule has 24 heavy (non-hydrogen) atoms. The standard InChI is InChI=1S/C18H18N4O2/c1-13-3-4-17(14(2)11-13)24-12-22-10-7-16(21-22)18(23)20-15-5-8-19-9-6-15/h3-11H,12H2,1-2H3,(H,19,20,23). The van der Waals surface area contributed by atoms with Crippen LogP contribution in [0.25, 0.3) is 0 Å². The second kappa shape index (κ2) is 6.95. The van der Waals surface area contributed by atoms with Crippen molar-refractivity contribution in [3.63, 3.8) is 0 Å². The van der Waals surface area contributed by atoms with Crippen LogP contribution in [0.3, 0.4) is 0 Å². The number of hydrogen-bond donors (Lipinski definition) is 1. The predicted molar refractivity (Wildman–Crippen MR) is 91.0 cm³/mol. The Kier molecular flexibility index (Phi) is 4.56. The molecule has 0 saturated heterocycles. The Bertz CT molecular complexity index is 843. The molecule has 3 aromatic rings. The number of ether oxygens (including phenoxy) is 1. The van der Waals surface area contributed by atoms with Gasteiger partial charge in [0, 0.05) is 24.3 Å². The topological polar surface area (TPSA) is 69.0 Å². The van der Waals surface area contributed by atoms with E-state index in [2.05, 4.69) is 21.5 Å². The summed E-state index contributed by atoms with van der Waals surface area (Å²) < 4.78 is 7.33. The maximum atomic E-state index is 12.1. The summed E-state index contributed by atoms with van der Waals surface area (Å²) in [5.74, 6) is 0.533. The Morgan fingerprint density at radius 3 is 2.71 bits per heavy atom. The molecule has 0 aliphatic carbocycles. The van der Waals surface area contributed by atoms with Gasteiger partial charge in [0.25, 0.3) is 5.91 Å². The lowest BCUT2D eigenvalue weighted by Crippen LogP contribution is -2.14. The van der Waals surface area contributed by atoms with Crippen molar-refractivity contribution in [2.45, 2.75) is 20.6 Å². The molecule has 1 aromatic carbocycles. The molecule has 0 spiro atoms. The SMILES string of the molecule is Cc1ccc(OCn2ccc(C(=O)Nc3ccncc3)n2)c(C)c1. The fourth-order valence-corrected chi connectivity index (χ4v) is 2.28. The number of nitrogens with zero attached hydrogens (tertiary/aromatic N) is 3. The Morgan fingerprint density at radius 2 is 1.96 bits per heavy atom. The van der Waals surface area contributed by atoms with E-state index in [0.29, 0.717) is 11.4 Å². The molecule has 0 unspecified atom stereocenters.